The number of aromatic nitrogens is 2. The number of hydrogen-bond acceptors (Lipinski definition) is 6. The van der Waals surface area contributed by atoms with Crippen LogP contribution in [0.15, 0.2) is 40.9 Å². The summed E-state index contributed by atoms with van der Waals surface area (Å²) >= 11 is 0. The second kappa shape index (κ2) is 6.41. The van der Waals surface area contributed by atoms with Crippen LogP contribution in [0.5, 0.6) is 6.01 Å². The van der Waals surface area contributed by atoms with Gasteiger partial charge in [0.25, 0.3) is 0 Å². The van der Waals surface area contributed by atoms with Gasteiger partial charge in [-0.1, -0.05) is 0 Å². The zero-order valence-corrected chi connectivity index (χ0v) is 15.8. The topological polar surface area (TPSA) is 86.6 Å². The maximum Gasteiger partial charge on any atom is 0.415 e. The lowest BCUT2D eigenvalue weighted by Crippen LogP contribution is -2.46. The predicted octanol–water partition coefficient (Wildman–Crippen LogP) is 3.40. The summed E-state index contributed by atoms with van der Waals surface area (Å²) in [6.07, 6.45) is 2.20. The van der Waals surface area contributed by atoms with Crippen LogP contribution >= 0.6 is 0 Å². The molecule has 5 rings (SSSR count). The smallest absolute Gasteiger partial charge is 0.415 e. The minimum Gasteiger partial charge on any atom is -0.461 e. The predicted molar refractivity (Wildman–Crippen MR) is 101 cm³/mol. The number of furan rings is 1. The highest BCUT2D eigenvalue weighted by molar-refractivity contribution is 5.59. The fraction of sp³-hybridized carbons (Fsp3) is 0.350. The zero-order chi connectivity index (χ0) is 20.2. The largest absolute Gasteiger partial charge is 0.461 e. The van der Waals surface area contributed by atoms with Gasteiger partial charge in [0.15, 0.2) is 0 Å². The molecule has 0 saturated heterocycles. The number of nitrogens with zero attached hydrogens (tertiary/aromatic N) is 4. The molecule has 9 heteroatoms. The Morgan fingerprint density at radius 1 is 1.34 bits per heavy atom. The Hall–Kier alpha value is -3.20. The molecule has 0 radical (unpaired) electrons. The van der Waals surface area contributed by atoms with E-state index in [9.17, 15) is 14.5 Å². The molecule has 0 bridgehead atoms. The van der Waals surface area contributed by atoms with Crippen molar-refractivity contribution in [2.45, 2.75) is 32.0 Å². The summed E-state index contributed by atoms with van der Waals surface area (Å²) in [7, 11) is 0. The maximum absolute atomic E-state index is 13.2. The van der Waals surface area contributed by atoms with Crippen molar-refractivity contribution in [2.75, 3.05) is 13.1 Å². The first kappa shape index (κ1) is 17.9. The third kappa shape index (κ3) is 3.27. The van der Waals surface area contributed by atoms with Crippen LogP contribution in [-0.4, -0.2) is 38.1 Å². The average Bonchev–Trinajstić information content (AvgIpc) is 3.33. The first-order valence-corrected chi connectivity index (χ1v) is 9.39. The van der Waals surface area contributed by atoms with Crippen molar-refractivity contribution < 1.29 is 18.5 Å². The van der Waals surface area contributed by atoms with Gasteiger partial charge < -0.3 is 19.3 Å². The van der Waals surface area contributed by atoms with E-state index in [1.54, 1.807) is 16.7 Å². The Morgan fingerprint density at radius 3 is 2.86 bits per heavy atom. The normalized spacial score (nSPS) is 20.9. The highest BCUT2D eigenvalue weighted by atomic mass is 19.1. The molecule has 0 saturated carbocycles. The summed E-state index contributed by atoms with van der Waals surface area (Å²) in [5.41, 5.74) is 1.47. The van der Waals surface area contributed by atoms with Crippen LogP contribution in [0.25, 0.3) is 11.3 Å². The standard InChI is InChI=1S/C20H19FN4O4/c1-20(12-24-10-18(25(26)27)22-19(24)29-20)11-23-7-6-16-14(9-23)8-17(28-16)13-2-4-15(21)5-3-13/h2-5,8,10H,6-7,9,11-12H2,1H3. The van der Waals surface area contributed by atoms with Crippen LogP contribution < -0.4 is 4.74 Å². The van der Waals surface area contributed by atoms with Gasteiger partial charge in [-0.15, -0.1) is 0 Å². The van der Waals surface area contributed by atoms with E-state index in [0.29, 0.717) is 19.1 Å². The van der Waals surface area contributed by atoms with Crippen molar-refractivity contribution in [2.24, 2.45) is 0 Å². The van der Waals surface area contributed by atoms with Crippen LogP contribution in [0.4, 0.5) is 10.2 Å². The van der Waals surface area contributed by atoms with Gasteiger partial charge >= 0.3 is 11.8 Å². The molecule has 8 nitrogen and oxygen atoms in total. The molecule has 2 aliphatic heterocycles. The molecule has 29 heavy (non-hydrogen) atoms. The van der Waals surface area contributed by atoms with Crippen molar-refractivity contribution in [1.29, 1.82) is 0 Å². The fourth-order valence-corrected chi connectivity index (χ4v) is 4.12. The molecule has 3 aromatic rings. The Kier molecular flexibility index (Phi) is 3.95. The fourth-order valence-electron chi connectivity index (χ4n) is 4.12. The van der Waals surface area contributed by atoms with Gasteiger partial charge in [-0.3, -0.25) is 9.47 Å². The van der Waals surface area contributed by atoms with Crippen LogP contribution in [0, 0.1) is 15.9 Å². The Bertz CT molecular complexity index is 1070. The molecule has 150 valence electrons. The lowest BCUT2D eigenvalue weighted by Gasteiger charge is -2.32. The molecular formula is C20H19FN4O4. The van der Waals surface area contributed by atoms with E-state index in [1.807, 2.05) is 13.0 Å². The summed E-state index contributed by atoms with van der Waals surface area (Å²) in [4.78, 5) is 16.6. The van der Waals surface area contributed by atoms with E-state index in [1.165, 1.54) is 18.3 Å². The molecule has 2 aromatic heterocycles. The quantitative estimate of drug-likeness (QED) is 0.495. The van der Waals surface area contributed by atoms with Gasteiger partial charge in [-0.05, 0) is 42.2 Å². The highest BCUT2D eigenvalue weighted by Gasteiger charge is 2.42. The molecule has 1 unspecified atom stereocenters. The molecule has 0 fully saturated rings. The molecule has 4 heterocycles. The third-order valence-corrected chi connectivity index (χ3v) is 5.39. The van der Waals surface area contributed by atoms with Crippen LogP contribution in [-0.2, 0) is 19.5 Å². The minimum atomic E-state index is -0.518. The van der Waals surface area contributed by atoms with E-state index < -0.39 is 10.5 Å². The number of benzene rings is 1. The van der Waals surface area contributed by atoms with Crippen molar-refractivity contribution >= 4 is 5.82 Å². The SMILES string of the molecule is CC1(CN2CCc3oc(-c4ccc(F)cc4)cc3C2)Cn2cc([N+](=O)[O-])nc2O1. The molecular weight excluding hydrogens is 379 g/mol. The number of rotatable bonds is 4. The minimum absolute atomic E-state index is 0.198. The van der Waals surface area contributed by atoms with Crippen LogP contribution in [0.3, 0.4) is 0 Å². The van der Waals surface area contributed by atoms with E-state index in [0.717, 1.165) is 42.2 Å². The Morgan fingerprint density at radius 2 is 2.14 bits per heavy atom. The van der Waals surface area contributed by atoms with Crippen molar-refractivity contribution in [3.05, 3.63) is 63.8 Å². The van der Waals surface area contributed by atoms with Crippen molar-refractivity contribution in [1.82, 2.24) is 14.5 Å². The maximum atomic E-state index is 13.2. The number of ether oxygens (including phenoxy) is 1. The van der Waals surface area contributed by atoms with E-state index in [4.69, 9.17) is 9.15 Å². The Labute approximate surface area is 165 Å². The van der Waals surface area contributed by atoms with E-state index >= 15 is 0 Å². The third-order valence-electron chi connectivity index (χ3n) is 5.39. The number of imidazole rings is 1. The molecule has 2 aliphatic rings. The van der Waals surface area contributed by atoms with Gasteiger partial charge in [0, 0.05) is 42.2 Å². The average molecular weight is 398 g/mol. The lowest BCUT2D eigenvalue weighted by molar-refractivity contribution is -0.389. The first-order chi connectivity index (χ1) is 13.9. The Balaban J connectivity index is 1.28. The van der Waals surface area contributed by atoms with Gasteiger partial charge in [-0.2, -0.15) is 0 Å². The van der Waals surface area contributed by atoms with Gasteiger partial charge in [0.1, 0.15) is 29.1 Å². The summed E-state index contributed by atoms with van der Waals surface area (Å²) < 4.78 is 26.8. The van der Waals surface area contributed by atoms with Gasteiger partial charge in [-0.25, -0.2) is 4.39 Å². The molecule has 0 aliphatic carbocycles. The van der Waals surface area contributed by atoms with Gasteiger partial charge in [0.2, 0.25) is 0 Å². The molecule has 1 aromatic carbocycles. The van der Waals surface area contributed by atoms with Gasteiger partial charge in [0.05, 0.1) is 6.54 Å². The summed E-state index contributed by atoms with van der Waals surface area (Å²) in [6.45, 7) is 4.72. The molecule has 0 N–H and O–H groups in total. The zero-order valence-electron chi connectivity index (χ0n) is 15.8. The number of nitro groups is 1. The monoisotopic (exact) mass is 398 g/mol. The van der Waals surface area contributed by atoms with Crippen LogP contribution in [0.1, 0.15) is 18.2 Å². The number of fused-ring (bicyclic) bond motifs is 2. The summed E-state index contributed by atoms with van der Waals surface area (Å²) in [6, 6.07) is 8.58. The first-order valence-electron chi connectivity index (χ1n) is 9.39. The van der Waals surface area contributed by atoms with E-state index in [2.05, 4.69) is 9.88 Å². The van der Waals surface area contributed by atoms with Crippen molar-refractivity contribution in [3.8, 4) is 17.3 Å². The number of halogens is 1. The second-order valence-corrected chi connectivity index (χ2v) is 7.85. The molecule has 0 spiro atoms. The second-order valence-electron chi connectivity index (χ2n) is 7.85. The summed E-state index contributed by atoms with van der Waals surface area (Å²) in [5, 5.41) is 10.9. The highest BCUT2D eigenvalue weighted by Crippen LogP contribution is 2.34. The number of hydrogen-bond donors (Lipinski definition) is 0. The van der Waals surface area contributed by atoms with Crippen LogP contribution in [0.2, 0.25) is 0 Å². The molecule has 1 atom stereocenters. The van der Waals surface area contributed by atoms with Crippen molar-refractivity contribution in [3.63, 3.8) is 0 Å². The van der Waals surface area contributed by atoms with E-state index in [-0.39, 0.29) is 11.6 Å². The molecule has 0 amide bonds. The lowest BCUT2D eigenvalue weighted by atomic mass is 10.0. The summed E-state index contributed by atoms with van der Waals surface area (Å²) in [5.74, 6) is 1.23.